The van der Waals surface area contributed by atoms with E-state index in [1.165, 1.54) is 22.3 Å². The summed E-state index contributed by atoms with van der Waals surface area (Å²) in [5.41, 5.74) is 5.12. The Bertz CT molecular complexity index is 504. The molecule has 1 heterocycles. The molecule has 0 bridgehead atoms. The van der Waals surface area contributed by atoms with E-state index in [0.29, 0.717) is 13.2 Å². The molecule has 0 spiro atoms. The monoisotopic (exact) mass is 291 g/mol. The van der Waals surface area contributed by atoms with Crippen LogP contribution < -0.4 is 0 Å². The Balaban J connectivity index is 2.22. The third-order valence-electron chi connectivity index (χ3n) is 4.44. The minimum atomic E-state index is -0.756. The molecule has 1 aromatic carbocycles. The second kappa shape index (κ2) is 6.58. The van der Waals surface area contributed by atoms with Crippen molar-refractivity contribution in [1.82, 2.24) is 4.90 Å². The number of hydrogen-bond acceptors (Lipinski definition) is 3. The van der Waals surface area contributed by atoms with E-state index in [9.17, 15) is 9.90 Å². The topological polar surface area (TPSA) is 49.8 Å². The van der Waals surface area contributed by atoms with Crippen LogP contribution in [0.5, 0.6) is 0 Å². The van der Waals surface area contributed by atoms with Gasteiger partial charge in [-0.2, -0.15) is 0 Å². The van der Waals surface area contributed by atoms with Crippen molar-refractivity contribution in [3.8, 4) is 0 Å². The van der Waals surface area contributed by atoms with Gasteiger partial charge in [-0.05, 0) is 44.0 Å². The molecule has 4 heteroatoms. The number of nitrogens with zero attached hydrogens (tertiary/aromatic N) is 1. The van der Waals surface area contributed by atoms with E-state index in [4.69, 9.17) is 4.74 Å². The average Bonchev–Trinajstić information content (AvgIpc) is 2.87. The highest BCUT2D eigenvalue weighted by molar-refractivity contribution is 5.71. The van der Waals surface area contributed by atoms with E-state index in [2.05, 4.69) is 44.7 Å². The van der Waals surface area contributed by atoms with Gasteiger partial charge in [-0.15, -0.1) is 0 Å². The van der Waals surface area contributed by atoms with Gasteiger partial charge >= 0.3 is 5.97 Å². The number of likely N-dealkylation sites (N-methyl/N-ethyl adjacent to an activating group) is 1. The number of carbonyl (C=O) groups is 1. The van der Waals surface area contributed by atoms with E-state index in [1.807, 2.05) is 0 Å². The van der Waals surface area contributed by atoms with Crippen LogP contribution in [-0.2, 0) is 16.1 Å². The summed E-state index contributed by atoms with van der Waals surface area (Å²) in [7, 11) is 0. The Kier molecular flexibility index (Phi) is 5.01. The fourth-order valence-corrected chi connectivity index (χ4v) is 3.26. The Morgan fingerprint density at radius 3 is 2.43 bits per heavy atom. The molecule has 0 amide bonds. The summed E-state index contributed by atoms with van der Waals surface area (Å²) in [6, 6.07) is 4.35. The number of benzene rings is 1. The summed E-state index contributed by atoms with van der Waals surface area (Å²) in [6.45, 7) is 10.9. The summed E-state index contributed by atoms with van der Waals surface area (Å²) in [5.74, 6) is -1.18. The maximum atomic E-state index is 11.4. The Labute approximate surface area is 126 Å². The van der Waals surface area contributed by atoms with Crippen LogP contribution in [0, 0.1) is 26.7 Å². The van der Waals surface area contributed by atoms with E-state index in [1.54, 1.807) is 0 Å². The minimum Gasteiger partial charge on any atom is -0.481 e. The fourth-order valence-electron chi connectivity index (χ4n) is 3.26. The van der Waals surface area contributed by atoms with Crippen LogP contribution in [0.2, 0.25) is 0 Å². The lowest BCUT2D eigenvalue weighted by atomic mass is 9.97. The molecule has 1 aromatic rings. The molecule has 1 aliphatic rings. The molecule has 0 saturated carbocycles. The zero-order valence-corrected chi connectivity index (χ0v) is 13.3. The predicted octanol–water partition coefficient (Wildman–Crippen LogP) is 2.53. The highest BCUT2D eigenvalue weighted by Gasteiger charge is 2.37. The summed E-state index contributed by atoms with van der Waals surface area (Å²) in [4.78, 5) is 13.6. The Morgan fingerprint density at radius 2 is 1.90 bits per heavy atom. The number of hydrogen-bond donors (Lipinski definition) is 1. The molecule has 2 rings (SSSR count). The van der Waals surface area contributed by atoms with Gasteiger partial charge in [-0.3, -0.25) is 9.69 Å². The summed E-state index contributed by atoms with van der Waals surface area (Å²) in [5, 5.41) is 9.33. The average molecular weight is 291 g/mol. The van der Waals surface area contributed by atoms with Gasteiger partial charge in [0, 0.05) is 12.6 Å². The predicted molar refractivity (Wildman–Crippen MR) is 82.5 cm³/mol. The third kappa shape index (κ3) is 3.44. The van der Waals surface area contributed by atoms with Crippen LogP contribution >= 0.6 is 0 Å². The standard InChI is InChI=1S/C17H25NO3/c1-5-18(16-10-21-9-15(16)17(19)20)8-14-12(3)6-11(2)7-13(14)4/h6-7,15-16H,5,8-10H2,1-4H3,(H,19,20). The number of aryl methyl sites for hydroxylation is 3. The first-order valence-corrected chi connectivity index (χ1v) is 7.55. The first-order chi connectivity index (χ1) is 9.93. The van der Waals surface area contributed by atoms with Crippen molar-refractivity contribution in [2.45, 2.75) is 40.3 Å². The molecular weight excluding hydrogens is 266 g/mol. The second-order valence-corrected chi connectivity index (χ2v) is 5.99. The molecule has 1 N–H and O–H groups in total. The normalized spacial score (nSPS) is 22.0. The molecule has 2 unspecified atom stereocenters. The van der Waals surface area contributed by atoms with Crippen molar-refractivity contribution < 1.29 is 14.6 Å². The lowest BCUT2D eigenvalue weighted by Gasteiger charge is -2.30. The van der Waals surface area contributed by atoms with Crippen molar-refractivity contribution >= 4 is 5.97 Å². The van der Waals surface area contributed by atoms with Crippen LogP contribution in [-0.4, -0.2) is 41.8 Å². The molecule has 0 aromatic heterocycles. The maximum absolute atomic E-state index is 11.4. The van der Waals surface area contributed by atoms with Crippen molar-refractivity contribution in [1.29, 1.82) is 0 Å². The molecule has 21 heavy (non-hydrogen) atoms. The SMILES string of the molecule is CCN(Cc1c(C)cc(C)cc1C)C1COCC1C(=O)O. The van der Waals surface area contributed by atoms with Gasteiger partial charge in [0.2, 0.25) is 0 Å². The van der Waals surface area contributed by atoms with Crippen molar-refractivity contribution in [2.75, 3.05) is 19.8 Å². The van der Waals surface area contributed by atoms with Crippen LogP contribution in [0.15, 0.2) is 12.1 Å². The fraction of sp³-hybridized carbons (Fsp3) is 0.588. The summed E-state index contributed by atoms with van der Waals surface area (Å²) < 4.78 is 5.41. The number of aliphatic carboxylic acids is 1. The van der Waals surface area contributed by atoms with E-state index in [0.717, 1.165) is 13.1 Å². The third-order valence-corrected chi connectivity index (χ3v) is 4.44. The summed E-state index contributed by atoms with van der Waals surface area (Å²) >= 11 is 0. The van der Waals surface area contributed by atoms with Gasteiger partial charge in [0.15, 0.2) is 0 Å². The molecule has 0 radical (unpaired) electrons. The van der Waals surface area contributed by atoms with Crippen molar-refractivity contribution in [2.24, 2.45) is 5.92 Å². The highest BCUT2D eigenvalue weighted by atomic mass is 16.5. The van der Waals surface area contributed by atoms with Crippen LogP contribution in [0.3, 0.4) is 0 Å². The Hall–Kier alpha value is -1.39. The van der Waals surface area contributed by atoms with E-state index >= 15 is 0 Å². The largest absolute Gasteiger partial charge is 0.481 e. The van der Waals surface area contributed by atoms with Gasteiger partial charge in [-0.25, -0.2) is 0 Å². The van der Waals surface area contributed by atoms with Gasteiger partial charge in [0.25, 0.3) is 0 Å². The van der Waals surface area contributed by atoms with Crippen LogP contribution in [0.25, 0.3) is 0 Å². The molecule has 4 nitrogen and oxygen atoms in total. The molecule has 1 saturated heterocycles. The van der Waals surface area contributed by atoms with Gasteiger partial charge in [0.1, 0.15) is 0 Å². The maximum Gasteiger partial charge on any atom is 0.310 e. The number of ether oxygens (including phenoxy) is 1. The van der Waals surface area contributed by atoms with Crippen molar-refractivity contribution in [3.05, 3.63) is 34.4 Å². The number of rotatable bonds is 5. The van der Waals surface area contributed by atoms with Gasteiger partial charge in [0.05, 0.1) is 19.1 Å². The van der Waals surface area contributed by atoms with Crippen LogP contribution in [0.1, 0.15) is 29.2 Å². The molecular formula is C17H25NO3. The van der Waals surface area contributed by atoms with Gasteiger partial charge < -0.3 is 9.84 Å². The molecule has 0 aliphatic carbocycles. The Morgan fingerprint density at radius 1 is 1.29 bits per heavy atom. The summed E-state index contributed by atoms with van der Waals surface area (Å²) in [6.07, 6.45) is 0. The molecule has 116 valence electrons. The number of carboxylic acid groups (broad SMARTS) is 1. The molecule has 1 fully saturated rings. The molecule has 1 aliphatic heterocycles. The lowest BCUT2D eigenvalue weighted by molar-refractivity contribution is -0.143. The van der Waals surface area contributed by atoms with Crippen molar-refractivity contribution in [3.63, 3.8) is 0 Å². The van der Waals surface area contributed by atoms with E-state index < -0.39 is 11.9 Å². The van der Waals surface area contributed by atoms with Crippen LogP contribution in [0.4, 0.5) is 0 Å². The lowest BCUT2D eigenvalue weighted by Crippen LogP contribution is -2.42. The zero-order chi connectivity index (χ0) is 15.6. The minimum absolute atomic E-state index is 0.0346. The molecule has 2 atom stereocenters. The van der Waals surface area contributed by atoms with E-state index in [-0.39, 0.29) is 6.04 Å². The second-order valence-electron chi connectivity index (χ2n) is 5.99. The van der Waals surface area contributed by atoms with Gasteiger partial charge in [-0.1, -0.05) is 24.6 Å². The first-order valence-electron chi connectivity index (χ1n) is 7.55. The first kappa shape index (κ1) is 16.0. The smallest absolute Gasteiger partial charge is 0.310 e. The quantitative estimate of drug-likeness (QED) is 0.905. The highest BCUT2D eigenvalue weighted by Crippen LogP contribution is 2.24. The number of carboxylic acids is 1. The zero-order valence-electron chi connectivity index (χ0n) is 13.3.